The van der Waals surface area contributed by atoms with Gasteiger partial charge in [-0.25, -0.2) is 0 Å². The molecule has 4 atom stereocenters. The van der Waals surface area contributed by atoms with Gasteiger partial charge in [-0.1, -0.05) is 45.0 Å². The van der Waals surface area contributed by atoms with Gasteiger partial charge in [0.15, 0.2) is 5.78 Å². The highest BCUT2D eigenvalue weighted by molar-refractivity contribution is 5.98. The van der Waals surface area contributed by atoms with E-state index in [2.05, 4.69) is 32.9 Å². The van der Waals surface area contributed by atoms with Crippen LogP contribution in [0.15, 0.2) is 24.3 Å². The van der Waals surface area contributed by atoms with Crippen LogP contribution in [0.25, 0.3) is 0 Å². The lowest BCUT2D eigenvalue weighted by atomic mass is 9.79. The number of carbonyl (C=O) groups excluding carboxylic acids is 1. The SMILES string of the molecule is CC(C)(C)c1ccc(C(=O)C2C3CCC(C3)C2N)cc1. The monoisotopic (exact) mass is 271 g/mol. The third-order valence-electron chi connectivity index (χ3n) is 5.32. The molecule has 108 valence electrons. The van der Waals surface area contributed by atoms with Crippen LogP contribution >= 0.6 is 0 Å². The average molecular weight is 271 g/mol. The van der Waals surface area contributed by atoms with Crippen molar-refractivity contribution in [3.8, 4) is 0 Å². The first-order valence-corrected chi connectivity index (χ1v) is 7.78. The highest BCUT2D eigenvalue weighted by Crippen LogP contribution is 2.48. The molecule has 2 aliphatic carbocycles. The first-order chi connectivity index (χ1) is 9.38. The first kappa shape index (κ1) is 13.8. The summed E-state index contributed by atoms with van der Waals surface area (Å²) in [7, 11) is 0. The van der Waals surface area contributed by atoms with Gasteiger partial charge in [0.05, 0.1) is 0 Å². The van der Waals surface area contributed by atoms with Crippen molar-refractivity contribution in [3.05, 3.63) is 35.4 Å². The van der Waals surface area contributed by atoms with Crippen molar-refractivity contribution in [3.63, 3.8) is 0 Å². The van der Waals surface area contributed by atoms with Gasteiger partial charge >= 0.3 is 0 Å². The molecule has 0 radical (unpaired) electrons. The van der Waals surface area contributed by atoms with Crippen molar-refractivity contribution in [1.82, 2.24) is 0 Å². The lowest BCUT2D eigenvalue weighted by molar-refractivity contribution is 0.0856. The molecule has 0 saturated heterocycles. The smallest absolute Gasteiger partial charge is 0.167 e. The van der Waals surface area contributed by atoms with Gasteiger partial charge < -0.3 is 5.73 Å². The second kappa shape index (κ2) is 4.70. The molecule has 20 heavy (non-hydrogen) atoms. The second-order valence-electron chi connectivity index (χ2n) is 7.63. The number of ketones is 1. The standard InChI is InChI=1S/C18H25NO/c1-18(2,3)14-8-6-11(7-9-14)17(20)15-12-4-5-13(10-12)16(15)19/h6-9,12-13,15-16H,4-5,10,19H2,1-3H3. The van der Waals surface area contributed by atoms with Crippen LogP contribution < -0.4 is 5.73 Å². The van der Waals surface area contributed by atoms with Gasteiger partial charge in [0, 0.05) is 17.5 Å². The minimum absolute atomic E-state index is 0.0641. The Labute approximate surface area is 121 Å². The Bertz CT molecular complexity index is 509. The van der Waals surface area contributed by atoms with Crippen LogP contribution in [0, 0.1) is 17.8 Å². The van der Waals surface area contributed by atoms with Gasteiger partial charge in [0.1, 0.15) is 0 Å². The van der Waals surface area contributed by atoms with E-state index >= 15 is 0 Å². The zero-order chi connectivity index (χ0) is 14.5. The van der Waals surface area contributed by atoms with E-state index in [0.29, 0.717) is 11.8 Å². The molecule has 1 aromatic carbocycles. The molecule has 0 aromatic heterocycles. The van der Waals surface area contributed by atoms with Crippen LogP contribution in [0.3, 0.4) is 0 Å². The Kier molecular flexibility index (Phi) is 3.24. The van der Waals surface area contributed by atoms with Gasteiger partial charge in [0.2, 0.25) is 0 Å². The van der Waals surface area contributed by atoms with E-state index in [4.69, 9.17) is 5.73 Å². The van der Waals surface area contributed by atoms with Gasteiger partial charge in [-0.15, -0.1) is 0 Å². The first-order valence-electron chi connectivity index (χ1n) is 7.78. The summed E-state index contributed by atoms with van der Waals surface area (Å²) in [6.45, 7) is 6.57. The van der Waals surface area contributed by atoms with E-state index < -0.39 is 0 Å². The van der Waals surface area contributed by atoms with Crippen LogP contribution in [0.4, 0.5) is 0 Å². The molecule has 2 nitrogen and oxygen atoms in total. The maximum atomic E-state index is 12.7. The van der Waals surface area contributed by atoms with Crippen molar-refractivity contribution >= 4 is 5.78 Å². The Morgan fingerprint density at radius 1 is 1.10 bits per heavy atom. The van der Waals surface area contributed by atoms with Crippen LogP contribution in [-0.4, -0.2) is 11.8 Å². The number of carbonyl (C=O) groups is 1. The number of benzene rings is 1. The molecule has 2 bridgehead atoms. The predicted molar refractivity (Wildman–Crippen MR) is 81.8 cm³/mol. The Morgan fingerprint density at radius 2 is 1.70 bits per heavy atom. The van der Waals surface area contributed by atoms with Crippen molar-refractivity contribution in [2.45, 2.75) is 51.5 Å². The van der Waals surface area contributed by atoms with Crippen LogP contribution in [0.5, 0.6) is 0 Å². The third kappa shape index (κ3) is 2.20. The molecule has 2 fully saturated rings. The van der Waals surface area contributed by atoms with Crippen LogP contribution in [0.1, 0.15) is 56.0 Å². The molecule has 2 aliphatic rings. The number of nitrogens with two attached hydrogens (primary N) is 1. The molecule has 1 aromatic rings. The number of fused-ring (bicyclic) bond motifs is 2. The van der Waals surface area contributed by atoms with Crippen molar-refractivity contribution in [2.75, 3.05) is 0 Å². The molecular weight excluding hydrogens is 246 g/mol. The van der Waals surface area contributed by atoms with Gasteiger partial charge in [0.25, 0.3) is 0 Å². The molecule has 2 N–H and O–H groups in total. The largest absolute Gasteiger partial charge is 0.327 e. The van der Waals surface area contributed by atoms with E-state index in [1.807, 2.05) is 12.1 Å². The number of Topliss-reactive ketones (excluding diaryl/α,β-unsaturated/α-hetero) is 1. The maximum absolute atomic E-state index is 12.7. The summed E-state index contributed by atoms with van der Waals surface area (Å²) in [4.78, 5) is 12.7. The Morgan fingerprint density at radius 3 is 2.20 bits per heavy atom. The fraction of sp³-hybridized carbons (Fsp3) is 0.611. The molecule has 3 rings (SSSR count). The summed E-state index contributed by atoms with van der Waals surface area (Å²) in [6, 6.07) is 8.24. The van der Waals surface area contributed by atoms with Gasteiger partial charge in [-0.3, -0.25) is 4.79 Å². The minimum Gasteiger partial charge on any atom is -0.327 e. The lowest BCUT2D eigenvalue weighted by Crippen LogP contribution is -2.40. The van der Waals surface area contributed by atoms with Crippen molar-refractivity contribution in [1.29, 1.82) is 0 Å². The number of hydrogen-bond donors (Lipinski definition) is 1. The Balaban J connectivity index is 1.81. The number of hydrogen-bond acceptors (Lipinski definition) is 2. The molecule has 2 saturated carbocycles. The normalized spacial score (nSPS) is 32.6. The summed E-state index contributed by atoms with van der Waals surface area (Å²) >= 11 is 0. The molecule has 4 unspecified atom stereocenters. The van der Waals surface area contributed by atoms with E-state index in [1.165, 1.54) is 18.4 Å². The minimum atomic E-state index is 0.0641. The summed E-state index contributed by atoms with van der Waals surface area (Å²) in [5, 5.41) is 0. The highest BCUT2D eigenvalue weighted by Gasteiger charge is 2.48. The lowest BCUT2D eigenvalue weighted by Gasteiger charge is -2.27. The fourth-order valence-corrected chi connectivity index (χ4v) is 4.05. The molecule has 0 amide bonds. The molecule has 0 heterocycles. The zero-order valence-corrected chi connectivity index (χ0v) is 12.7. The van der Waals surface area contributed by atoms with Gasteiger partial charge in [-0.05, 0) is 42.1 Å². The fourth-order valence-electron chi connectivity index (χ4n) is 4.05. The summed E-state index contributed by atoms with van der Waals surface area (Å²) < 4.78 is 0. The van der Waals surface area contributed by atoms with E-state index in [-0.39, 0.29) is 23.2 Å². The topological polar surface area (TPSA) is 43.1 Å². The summed E-state index contributed by atoms with van der Waals surface area (Å²) in [5.74, 6) is 1.45. The zero-order valence-electron chi connectivity index (χ0n) is 12.7. The average Bonchev–Trinajstić information content (AvgIpc) is 2.98. The van der Waals surface area contributed by atoms with Gasteiger partial charge in [-0.2, -0.15) is 0 Å². The summed E-state index contributed by atoms with van der Waals surface area (Å²) in [5.41, 5.74) is 8.52. The molecule has 0 aliphatic heterocycles. The number of rotatable bonds is 2. The van der Waals surface area contributed by atoms with E-state index in [1.54, 1.807) is 0 Å². The molecule has 2 heteroatoms. The highest BCUT2D eigenvalue weighted by atomic mass is 16.1. The van der Waals surface area contributed by atoms with Crippen LogP contribution in [0.2, 0.25) is 0 Å². The third-order valence-corrected chi connectivity index (χ3v) is 5.32. The maximum Gasteiger partial charge on any atom is 0.167 e. The van der Waals surface area contributed by atoms with E-state index in [0.717, 1.165) is 12.0 Å². The summed E-state index contributed by atoms with van der Waals surface area (Å²) in [6.07, 6.45) is 3.57. The quantitative estimate of drug-likeness (QED) is 0.836. The van der Waals surface area contributed by atoms with Crippen molar-refractivity contribution in [2.24, 2.45) is 23.5 Å². The van der Waals surface area contributed by atoms with E-state index in [9.17, 15) is 4.79 Å². The molecule has 0 spiro atoms. The molecular formula is C18H25NO. The van der Waals surface area contributed by atoms with Crippen molar-refractivity contribution < 1.29 is 4.79 Å². The predicted octanol–water partition coefficient (Wildman–Crippen LogP) is 3.54. The Hall–Kier alpha value is -1.15. The second-order valence-corrected chi connectivity index (χ2v) is 7.63. The van der Waals surface area contributed by atoms with Crippen LogP contribution in [-0.2, 0) is 5.41 Å².